The van der Waals surface area contributed by atoms with Crippen LogP contribution in [0.25, 0.3) is 32.9 Å². The third-order valence-electron chi connectivity index (χ3n) is 8.84. The first kappa shape index (κ1) is 23.4. The number of para-hydroxylation sites is 1. The van der Waals surface area contributed by atoms with Gasteiger partial charge in [0.1, 0.15) is 0 Å². The number of thiophene rings is 1. The third kappa shape index (κ3) is 4.38. The molecule has 190 valence electrons. The van der Waals surface area contributed by atoms with Crippen molar-refractivity contribution in [2.45, 2.75) is 56.7 Å². The zero-order chi connectivity index (χ0) is 25.0. The fourth-order valence-corrected chi connectivity index (χ4v) is 8.81. The van der Waals surface area contributed by atoms with Crippen molar-refractivity contribution >= 4 is 39.9 Å². The van der Waals surface area contributed by atoms with E-state index in [1.165, 1.54) is 50.3 Å². The number of pyridine rings is 1. The molecule has 1 N–H and O–H groups in total. The molecule has 1 unspecified atom stereocenters. The molecule has 4 aromatic rings. The van der Waals surface area contributed by atoms with Gasteiger partial charge in [0.15, 0.2) is 0 Å². The SMILES string of the molecule is CC(NC(=O)CSc1nnc(-c2cc(-c3cccs3)nc3ccccc23)o1)C12CC3CC(CC(C3)C1)C2. The van der Waals surface area contributed by atoms with Gasteiger partial charge in [-0.05, 0) is 92.2 Å². The van der Waals surface area contributed by atoms with Crippen molar-refractivity contribution < 1.29 is 9.21 Å². The van der Waals surface area contributed by atoms with Gasteiger partial charge in [-0.25, -0.2) is 4.98 Å². The number of carbonyl (C=O) groups excluding carboxylic acids is 1. The molecule has 0 radical (unpaired) electrons. The molecule has 8 rings (SSSR count). The molecule has 1 amide bonds. The average Bonchev–Trinajstić information content (AvgIpc) is 3.59. The van der Waals surface area contributed by atoms with Crippen LogP contribution in [0.5, 0.6) is 0 Å². The Hall–Kier alpha value is -2.71. The molecule has 4 bridgehead atoms. The first-order chi connectivity index (χ1) is 18.0. The van der Waals surface area contributed by atoms with Gasteiger partial charge >= 0.3 is 0 Å². The maximum absolute atomic E-state index is 12.9. The van der Waals surface area contributed by atoms with Gasteiger partial charge in [0.2, 0.25) is 11.8 Å². The van der Waals surface area contributed by atoms with Crippen LogP contribution in [0, 0.1) is 23.2 Å². The average molecular weight is 531 g/mol. The van der Waals surface area contributed by atoms with Crippen LogP contribution in [0.3, 0.4) is 0 Å². The van der Waals surface area contributed by atoms with Crippen LogP contribution >= 0.6 is 23.1 Å². The summed E-state index contributed by atoms with van der Waals surface area (Å²) < 4.78 is 6.04. The fourth-order valence-electron chi connectivity index (χ4n) is 7.55. The van der Waals surface area contributed by atoms with Crippen LogP contribution in [-0.2, 0) is 4.79 Å². The highest BCUT2D eigenvalue weighted by atomic mass is 32.2. The Morgan fingerprint density at radius 3 is 2.59 bits per heavy atom. The van der Waals surface area contributed by atoms with E-state index in [4.69, 9.17) is 9.40 Å². The molecule has 4 aliphatic rings. The molecule has 0 aliphatic heterocycles. The van der Waals surface area contributed by atoms with Crippen molar-refractivity contribution in [3.8, 4) is 22.0 Å². The molecule has 3 aromatic heterocycles. The highest BCUT2D eigenvalue weighted by Gasteiger charge is 2.53. The summed E-state index contributed by atoms with van der Waals surface area (Å²) in [6.45, 7) is 2.22. The number of thioether (sulfide) groups is 1. The van der Waals surface area contributed by atoms with E-state index in [1.54, 1.807) is 11.3 Å². The quantitative estimate of drug-likeness (QED) is 0.264. The topological polar surface area (TPSA) is 80.9 Å². The summed E-state index contributed by atoms with van der Waals surface area (Å²) >= 11 is 2.95. The maximum Gasteiger partial charge on any atom is 0.277 e. The second kappa shape index (κ2) is 9.24. The first-order valence-corrected chi connectivity index (χ1v) is 15.1. The number of nitrogens with one attached hydrogen (secondary N) is 1. The summed E-state index contributed by atoms with van der Waals surface area (Å²) in [6, 6.07) is 14.3. The third-order valence-corrected chi connectivity index (χ3v) is 10.5. The van der Waals surface area contributed by atoms with Gasteiger partial charge in [0.25, 0.3) is 5.22 Å². The minimum Gasteiger partial charge on any atom is -0.411 e. The zero-order valence-electron chi connectivity index (χ0n) is 20.9. The normalized spacial score (nSPS) is 27.0. The predicted octanol–water partition coefficient (Wildman–Crippen LogP) is 6.83. The summed E-state index contributed by atoms with van der Waals surface area (Å²) in [6.07, 6.45) is 8.10. The van der Waals surface area contributed by atoms with E-state index in [0.29, 0.717) is 16.5 Å². The van der Waals surface area contributed by atoms with Gasteiger partial charge in [-0.3, -0.25) is 4.79 Å². The number of rotatable bonds is 7. The number of aromatic nitrogens is 3. The standard InChI is InChI=1S/C29H30N4O2S2/c1-17(29-13-18-9-19(14-29)11-20(10-18)15-29)30-26(34)16-37-28-33-32-27(35-28)22-12-24(25-7-4-8-36-25)31-23-6-3-2-5-21(22)23/h2-8,12,17-20H,9-11,13-16H2,1H3,(H,30,34). The fraction of sp³-hybridized carbons (Fsp3) is 0.448. The van der Waals surface area contributed by atoms with Crippen LogP contribution in [0.15, 0.2) is 57.5 Å². The van der Waals surface area contributed by atoms with Crippen LogP contribution in [0.2, 0.25) is 0 Å². The number of carbonyl (C=O) groups is 1. The summed E-state index contributed by atoms with van der Waals surface area (Å²) in [5.74, 6) is 3.39. The molecule has 1 aromatic carbocycles. The number of benzene rings is 1. The van der Waals surface area contributed by atoms with E-state index < -0.39 is 0 Å². The molecule has 4 fully saturated rings. The molecular formula is C29H30N4O2S2. The van der Waals surface area contributed by atoms with Gasteiger partial charge in [-0.15, -0.1) is 21.5 Å². The summed E-state index contributed by atoms with van der Waals surface area (Å²) in [5, 5.41) is 15.3. The molecule has 8 heteroatoms. The van der Waals surface area contributed by atoms with Crippen molar-refractivity contribution in [3.05, 3.63) is 47.8 Å². The molecule has 37 heavy (non-hydrogen) atoms. The molecule has 0 spiro atoms. The van der Waals surface area contributed by atoms with Gasteiger partial charge < -0.3 is 9.73 Å². The van der Waals surface area contributed by atoms with Crippen molar-refractivity contribution in [1.82, 2.24) is 20.5 Å². The van der Waals surface area contributed by atoms with Gasteiger partial charge in [-0.1, -0.05) is 36.0 Å². The first-order valence-electron chi connectivity index (χ1n) is 13.2. The summed E-state index contributed by atoms with van der Waals surface area (Å²) in [5.41, 5.74) is 2.92. The molecule has 3 heterocycles. The molecule has 6 nitrogen and oxygen atoms in total. The Bertz CT molecular complexity index is 1410. The number of nitrogens with zero attached hydrogens (tertiary/aromatic N) is 3. The van der Waals surface area contributed by atoms with Gasteiger partial charge in [0.05, 0.1) is 27.4 Å². The van der Waals surface area contributed by atoms with Crippen molar-refractivity contribution in [2.24, 2.45) is 23.2 Å². The van der Waals surface area contributed by atoms with Crippen LogP contribution in [-0.4, -0.2) is 32.9 Å². The molecule has 1 atom stereocenters. The van der Waals surface area contributed by atoms with E-state index in [-0.39, 0.29) is 17.7 Å². The smallest absolute Gasteiger partial charge is 0.277 e. The van der Waals surface area contributed by atoms with E-state index in [2.05, 4.69) is 28.5 Å². The molecular weight excluding hydrogens is 500 g/mol. The minimum absolute atomic E-state index is 0.0438. The Morgan fingerprint density at radius 1 is 1.11 bits per heavy atom. The van der Waals surface area contributed by atoms with Crippen LogP contribution < -0.4 is 5.32 Å². The van der Waals surface area contributed by atoms with Crippen molar-refractivity contribution in [2.75, 3.05) is 5.75 Å². The van der Waals surface area contributed by atoms with E-state index >= 15 is 0 Å². The summed E-state index contributed by atoms with van der Waals surface area (Å²) in [7, 11) is 0. The Morgan fingerprint density at radius 2 is 1.86 bits per heavy atom. The van der Waals surface area contributed by atoms with Gasteiger partial charge in [0, 0.05) is 11.4 Å². The Kier molecular flexibility index (Phi) is 5.85. The second-order valence-corrected chi connectivity index (χ2v) is 13.2. The lowest BCUT2D eigenvalue weighted by Gasteiger charge is -2.59. The number of fused-ring (bicyclic) bond motifs is 1. The largest absolute Gasteiger partial charge is 0.411 e. The highest BCUT2D eigenvalue weighted by molar-refractivity contribution is 7.99. The monoisotopic (exact) mass is 530 g/mol. The Balaban J connectivity index is 1.05. The number of amides is 1. The second-order valence-electron chi connectivity index (χ2n) is 11.3. The van der Waals surface area contributed by atoms with Crippen molar-refractivity contribution in [1.29, 1.82) is 0 Å². The van der Waals surface area contributed by atoms with Crippen LogP contribution in [0.4, 0.5) is 0 Å². The maximum atomic E-state index is 12.9. The molecule has 4 saturated carbocycles. The van der Waals surface area contributed by atoms with E-state index in [0.717, 1.165) is 44.8 Å². The highest BCUT2D eigenvalue weighted by Crippen LogP contribution is 2.61. The lowest BCUT2D eigenvalue weighted by molar-refractivity contribution is -0.123. The molecule has 4 aliphatic carbocycles. The molecule has 0 saturated heterocycles. The lowest BCUT2D eigenvalue weighted by Crippen LogP contribution is -2.56. The number of hydrogen-bond donors (Lipinski definition) is 1. The zero-order valence-corrected chi connectivity index (χ0v) is 22.5. The number of hydrogen-bond acceptors (Lipinski definition) is 7. The van der Waals surface area contributed by atoms with E-state index in [1.807, 2.05) is 41.8 Å². The summed E-state index contributed by atoms with van der Waals surface area (Å²) in [4.78, 5) is 18.8. The lowest BCUT2D eigenvalue weighted by atomic mass is 9.48. The van der Waals surface area contributed by atoms with Crippen molar-refractivity contribution in [3.63, 3.8) is 0 Å². The Labute approximate surface area is 224 Å². The van der Waals surface area contributed by atoms with Crippen LogP contribution in [0.1, 0.15) is 45.4 Å². The van der Waals surface area contributed by atoms with Gasteiger partial charge in [-0.2, -0.15) is 0 Å². The van der Waals surface area contributed by atoms with E-state index in [9.17, 15) is 4.79 Å². The predicted molar refractivity (Wildman–Crippen MR) is 147 cm³/mol. The minimum atomic E-state index is 0.0438.